The maximum atomic E-state index is 13.3. The Labute approximate surface area is 198 Å². The molecule has 3 aliphatic rings. The Morgan fingerprint density at radius 1 is 1.00 bits per heavy atom. The highest BCUT2D eigenvalue weighted by molar-refractivity contribution is 5.94. The molecule has 1 saturated carbocycles. The SMILES string of the molecule is Cl.O=C(CCC1CN(c2ccccc2)C(=O)N1CCC1CCNCC1)OC1CCCCC1. The van der Waals surface area contributed by atoms with E-state index in [0.29, 0.717) is 25.3 Å². The van der Waals surface area contributed by atoms with Crippen molar-refractivity contribution in [3.8, 4) is 0 Å². The maximum Gasteiger partial charge on any atom is 0.324 e. The number of hydrogen-bond donors (Lipinski definition) is 1. The highest BCUT2D eigenvalue weighted by atomic mass is 35.5. The standard InChI is InChI=1S/C25H37N3O3.ClH/c29-24(31-23-9-5-2-6-10-23)12-11-22-19-28(21-7-3-1-4-8-21)25(30)27(22)18-15-20-13-16-26-17-14-20;/h1,3-4,7-8,20,22-23,26H,2,5-6,9-19H2;1H. The third-order valence-corrected chi connectivity index (χ3v) is 7.15. The molecular formula is C25H38ClN3O3. The van der Waals surface area contributed by atoms with Gasteiger partial charge in [0.25, 0.3) is 0 Å². The molecule has 0 aromatic heterocycles. The fraction of sp³-hybridized carbons (Fsp3) is 0.680. The predicted molar refractivity (Wildman–Crippen MR) is 129 cm³/mol. The van der Waals surface area contributed by atoms with Crippen LogP contribution in [0.4, 0.5) is 10.5 Å². The third kappa shape index (κ3) is 6.61. The zero-order valence-corrected chi connectivity index (χ0v) is 19.9. The van der Waals surface area contributed by atoms with E-state index >= 15 is 0 Å². The van der Waals surface area contributed by atoms with Gasteiger partial charge in [-0.05, 0) is 82.5 Å². The Bertz CT molecular complexity index is 720. The number of ether oxygens (including phenoxy) is 1. The van der Waals surface area contributed by atoms with E-state index in [1.165, 1.54) is 19.3 Å². The van der Waals surface area contributed by atoms with Crippen molar-refractivity contribution in [2.75, 3.05) is 31.1 Å². The molecule has 178 valence electrons. The molecule has 2 amide bonds. The van der Waals surface area contributed by atoms with Crippen LogP contribution in [0.1, 0.15) is 64.2 Å². The number of para-hydroxylation sites is 1. The monoisotopic (exact) mass is 463 g/mol. The molecule has 0 spiro atoms. The molecule has 0 bridgehead atoms. The van der Waals surface area contributed by atoms with Gasteiger partial charge in [0.1, 0.15) is 6.10 Å². The lowest BCUT2D eigenvalue weighted by molar-refractivity contribution is -0.150. The van der Waals surface area contributed by atoms with Crippen molar-refractivity contribution in [1.82, 2.24) is 10.2 Å². The zero-order valence-electron chi connectivity index (χ0n) is 19.0. The average Bonchev–Trinajstić information content (AvgIpc) is 3.13. The van der Waals surface area contributed by atoms with Crippen LogP contribution >= 0.6 is 12.4 Å². The minimum absolute atomic E-state index is 0. The van der Waals surface area contributed by atoms with Crippen molar-refractivity contribution in [3.05, 3.63) is 30.3 Å². The molecule has 1 aromatic carbocycles. The lowest BCUT2D eigenvalue weighted by Gasteiger charge is -2.28. The summed E-state index contributed by atoms with van der Waals surface area (Å²) >= 11 is 0. The second kappa shape index (κ2) is 12.4. The number of carbonyl (C=O) groups excluding carboxylic acids is 2. The first kappa shape index (κ1) is 24.8. The summed E-state index contributed by atoms with van der Waals surface area (Å²) in [4.78, 5) is 29.6. The van der Waals surface area contributed by atoms with Gasteiger partial charge in [0.15, 0.2) is 0 Å². The summed E-state index contributed by atoms with van der Waals surface area (Å²) in [5.41, 5.74) is 0.937. The lowest BCUT2D eigenvalue weighted by atomic mass is 9.94. The normalized spacial score (nSPS) is 22.6. The molecule has 2 heterocycles. The van der Waals surface area contributed by atoms with Crippen molar-refractivity contribution in [2.24, 2.45) is 5.92 Å². The number of anilines is 1. The number of benzene rings is 1. The number of piperidine rings is 1. The molecule has 32 heavy (non-hydrogen) atoms. The Kier molecular flexibility index (Phi) is 9.67. The number of halogens is 1. The predicted octanol–water partition coefficient (Wildman–Crippen LogP) is 4.76. The second-order valence-electron chi connectivity index (χ2n) is 9.35. The van der Waals surface area contributed by atoms with E-state index in [2.05, 4.69) is 5.32 Å². The van der Waals surface area contributed by atoms with Gasteiger partial charge < -0.3 is 15.0 Å². The summed E-state index contributed by atoms with van der Waals surface area (Å²) in [6.45, 7) is 3.57. The number of nitrogens with zero attached hydrogens (tertiary/aromatic N) is 2. The van der Waals surface area contributed by atoms with Gasteiger partial charge in [-0.1, -0.05) is 24.6 Å². The summed E-state index contributed by atoms with van der Waals surface area (Å²) in [7, 11) is 0. The fourth-order valence-corrected chi connectivity index (χ4v) is 5.25. The molecule has 1 N–H and O–H groups in total. The van der Waals surface area contributed by atoms with E-state index in [4.69, 9.17) is 4.74 Å². The number of urea groups is 1. The van der Waals surface area contributed by atoms with E-state index in [1.807, 2.05) is 40.1 Å². The van der Waals surface area contributed by atoms with Crippen LogP contribution in [0.15, 0.2) is 30.3 Å². The zero-order chi connectivity index (χ0) is 21.5. The molecule has 4 rings (SSSR count). The average molecular weight is 464 g/mol. The van der Waals surface area contributed by atoms with Crippen molar-refractivity contribution in [2.45, 2.75) is 76.4 Å². The van der Waals surface area contributed by atoms with Gasteiger partial charge in [-0.15, -0.1) is 12.4 Å². The van der Waals surface area contributed by atoms with Gasteiger partial charge in [-0.25, -0.2) is 4.79 Å². The van der Waals surface area contributed by atoms with Crippen LogP contribution in [0.5, 0.6) is 0 Å². The minimum Gasteiger partial charge on any atom is -0.462 e. The van der Waals surface area contributed by atoms with Gasteiger partial charge in [0, 0.05) is 25.2 Å². The summed E-state index contributed by atoms with van der Waals surface area (Å²) in [5.74, 6) is 0.576. The Balaban J connectivity index is 0.00000289. The van der Waals surface area contributed by atoms with Crippen LogP contribution < -0.4 is 10.2 Å². The van der Waals surface area contributed by atoms with Crippen LogP contribution in [0.2, 0.25) is 0 Å². The summed E-state index contributed by atoms with van der Waals surface area (Å²) in [5, 5.41) is 3.41. The molecule has 2 aliphatic heterocycles. The van der Waals surface area contributed by atoms with Crippen molar-refractivity contribution >= 4 is 30.1 Å². The van der Waals surface area contributed by atoms with Gasteiger partial charge in [0.2, 0.25) is 0 Å². The van der Waals surface area contributed by atoms with Crippen LogP contribution in [-0.4, -0.2) is 55.2 Å². The van der Waals surface area contributed by atoms with Crippen molar-refractivity contribution in [1.29, 1.82) is 0 Å². The van der Waals surface area contributed by atoms with Crippen LogP contribution in [0.25, 0.3) is 0 Å². The number of esters is 1. The maximum absolute atomic E-state index is 13.3. The van der Waals surface area contributed by atoms with E-state index < -0.39 is 0 Å². The van der Waals surface area contributed by atoms with Crippen LogP contribution in [0, 0.1) is 5.92 Å². The molecule has 1 aliphatic carbocycles. The Morgan fingerprint density at radius 2 is 1.72 bits per heavy atom. The topological polar surface area (TPSA) is 61.9 Å². The van der Waals surface area contributed by atoms with Gasteiger partial charge in [-0.2, -0.15) is 0 Å². The molecule has 1 atom stereocenters. The molecular weight excluding hydrogens is 426 g/mol. The Morgan fingerprint density at radius 3 is 2.44 bits per heavy atom. The van der Waals surface area contributed by atoms with E-state index in [0.717, 1.165) is 57.4 Å². The fourth-order valence-electron chi connectivity index (χ4n) is 5.25. The van der Waals surface area contributed by atoms with Gasteiger partial charge in [0.05, 0.1) is 6.04 Å². The van der Waals surface area contributed by atoms with E-state index in [9.17, 15) is 9.59 Å². The van der Waals surface area contributed by atoms with Gasteiger partial charge >= 0.3 is 12.0 Å². The third-order valence-electron chi connectivity index (χ3n) is 7.15. The smallest absolute Gasteiger partial charge is 0.324 e. The largest absolute Gasteiger partial charge is 0.462 e. The molecule has 2 saturated heterocycles. The number of nitrogens with one attached hydrogen (secondary N) is 1. The van der Waals surface area contributed by atoms with E-state index in [1.54, 1.807) is 0 Å². The quantitative estimate of drug-likeness (QED) is 0.564. The molecule has 3 fully saturated rings. The molecule has 6 nitrogen and oxygen atoms in total. The van der Waals surface area contributed by atoms with E-state index in [-0.39, 0.29) is 36.6 Å². The summed E-state index contributed by atoms with van der Waals surface area (Å²) < 4.78 is 5.72. The van der Waals surface area contributed by atoms with Crippen molar-refractivity contribution < 1.29 is 14.3 Å². The molecule has 1 unspecified atom stereocenters. The Hall–Kier alpha value is -1.79. The molecule has 0 radical (unpaired) electrons. The van der Waals surface area contributed by atoms with Crippen LogP contribution in [0.3, 0.4) is 0 Å². The number of carbonyl (C=O) groups is 2. The lowest BCUT2D eigenvalue weighted by Crippen LogP contribution is -2.38. The first-order valence-electron chi connectivity index (χ1n) is 12.2. The number of rotatable bonds is 8. The van der Waals surface area contributed by atoms with Gasteiger partial charge in [-0.3, -0.25) is 9.69 Å². The first-order valence-corrected chi connectivity index (χ1v) is 12.2. The number of hydrogen-bond acceptors (Lipinski definition) is 4. The number of amides is 2. The van der Waals surface area contributed by atoms with Crippen LogP contribution in [-0.2, 0) is 9.53 Å². The summed E-state index contributed by atoms with van der Waals surface area (Å²) in [6, 6.07) is 10.0. The minimum atomic E-state index is -0.101. The molecule has 1 aromatic rings. The first-order chi connectivity index (χ1) is 15.2. The highest BCUT2D eigenvalue weighted by Gasteiger charge is 2.38. The second-order valence-corrected chi connectivity index (χ2v) is 9.35. The van der Waals surface area contributed by atoms with Crippen molar-refractivity contribution in [3.63, 3.8) is 0 Å². The highest BCUT2D eigenvalue weighted by Crippen LogP contribution is 2.28. The summed E-state index contributed by atoms with van der Waals surface area (Å²) in [6.07, 6.45) is 10.1. The molecule has 7 heteroatoms.